The molecule has 0 aliphatic carbocycles. The van der Waals surface area contributed by atoms with Crippen molar-refractivity contribution in [2.24, 2.45) is 0 Å². The zero-order chi connectivity index (χ0) is 46.7. The maximum absolute atomic E-state index is 12.4. The van der Waals surface area contributed by atoms with Gasteiger partial charge in [-0.05, 0) is 43.5 Å². The zero-order valence-corrected chi connectivity index (χ0v) is 36.7. The van der Waals surface area contributed by atoms with E-state index in [9.17, 15) is 53.1 Å². The van der Waals surface area contributed by atoms with Crippen LogP contribution in [0.2, 0.25) is 0 Å². The van der Waals surface area contributed by atoms with Crippen molar-refractivity contribution in [2.45, 2.75) is 64.0 Å². The Morgan fingerprint density at radius 2 is 1.10 bits per heavy atom. The number of carboxylic acid groups (broad SMARTS) is 2. The largest absolute Gasteiger partial charge is 0.598 e. The molecule has 24 heteroatoms. The summed E-state index contributed by atoms with van der Waals surface area (Å²) < 4.78 is 34.9. The van der Waals surface area contributed by atoms with Crippen LogP contribution in [0.5, 0.6) is 0 Å². The summed E-state index contributed by atoms with van der Waals surface area (Å²) in [5.74, 6) is -5.36. The number of aliphatic carboxylic acids is 2. The van der Waals surface area contributed by atoms with Crippen molar-refractivity contribution in [3.05, 3.63) is 29.8 Å². The summed E-state index contributed by atoms with van der Waals surface area (Å²) in [5, 5.41) is 37.3. The van der Waals surface area contributed by atoms with E-state index < -0.39 is 66.1 Å². The lowest BCUT2D eigenvalue weighted by atomic mass is 10.1. The molecule has 0 radical (unpaired) electrons. The fraction of sp³-hybridized carbons (Fsp3) is 0.641. The van der Waals surface area contributed by atoms with Crippen LogP contribution in [0.25, 0.3) is 0 Å². The molecule has 0 saturated heterocycles. The van der Waals surface area contributed by atoms with Crippen LogP contribution in [0, 0.1) is 0 Å². The normalized spacial score (nSPS) is 12.2. The minimum absolute atomic E-state index is 0.000576. The third kappa shape index (κ3) is 29.8. The number of hydrogen-bond donors (Lipinski definition) is 10. The summed E-state index contributed by atoms with van der Waals surface area (Å²) in [6, 6.07) is 4.19. The van der Waals surface area contributed by atoms with Crippen LogP contribution in [0.3, 0.4) is 0 Å². The Morgan fingerprint density at radius 1 is 0.603 bits per heavy atom. The van der Waals surface area contributed by atoms with Crippen molar-refractivity contribution in [3.8, 4) is 0 Å². The van der Waals surface area contributed by atoms with Crippen LogP contribution in [-0.4, -0.2) is 173 Å². The number of carbonyl (C=O) groups is 8. The van der Waals surface area contributed by atoms with Crippen molar-refractivity contribution in [1.82, 2.24) is 36.6 Å². The molecule has 6 amide bonds. The van der Waals surface area contributed by atoms with Crippen LogP contribution < -0.4 is 41.9 Å². The third-order valence-corrected chi connectivity index (χ3v) is 9.47. The summed E-state index contributed by atoms with van der Waals surface area (Å²) in [5.41, 5.74) is 1.43. The van der Waals surface area contributed by atoms with Crippen molar-refractivity contribution >= 4 is 64.4 Å². The standard InChI is InChI=1S/C39H64N8O15S/c1-3-14-41-29-8-6-28(7-9-29)37(53)45-16-15-42-35(51)26-61-23-21-60-20-18-44-33(49)12-10-30(38(54)55)46-34(50)13-11-31(39(56)57)47-36(52)27-62-24-22-59-19-17-43-32(48)5-4-25-63(58)40-2/h6-9,30-31,40-41H,3-5,10-27H2,1-2H3,(H,42,51)(H,43,48)(H,44,49)(H,45,53)(H,46,50)(H,47,52)(H,54,55)(H,56,57). The van der Waals surface area contributed by atoms with E-state index in [1.165, 1.54) is 0 Å². The summed E-state index contributed by atoms with van der Waals surface area (Å²) in [6.45, 7) is 3.58. The van der Waals surface area contributed by atoms with Gasteiger partial charge in [-0.2, -0.15) is 0 Å². The number of hydrogen-bond acceptors (Lipinski definition) is 15. The molecule has 1 rings (SSSR count). The maximum atomic E-state index is 12.4. The molecule has 356 valence electrons. The van der Waals surface area contributed by atoms with Gasteiger partial charge in [-0.1, -0.05) is 6.92 Å². The molecule has 23 nitrogen and oxygen atoms in total. The molecule has 0 aliphatic rings. The van der Waals surface area contributed by atoms with Gasteiger partial charge >= 0.3 is 11.9 Å². The minimum atomic E-state index is -1.47. The summed E-state index contributed by atoms with van der Waals surface area (Å²) in [7, 11) is 1.57. The molecule has 3 unspecified atom stereocenters. The molecule has 0 saturated carbocycles. The van der Waals surface area contributed by atoms with Gasteiger partial charge in [0.2, 0.25) is 29.5 Å². The van der Waals surface area contributed by atoms with Crippen LogP contribution >= 0.6 is 0 Å². The molecule has 0 bridgehead atoms. The molecule has 0 aliphatic heterocycles. The van der Waals surface area contributed by atoms with Crippen molar-refractivity contribution in [1.29, 1.82) is 0 Å². The highest BCUT2D eigenvalue weighted by molar-refractivity contribution is 7.89. The van der Waals surface area contributed by atoms with E-state index in [-0.39, 0.29) is 116 Å². The number of anilines is 1. The van der Waals surface area contributed by atoms with Gasteiger partial charge in [0.1, 0.15) is 31.1 Å². The molecule has 0 fully saturated rings. The van der Waals surface area contributed by atoms with E-state index in [0.717, 1.165) is 18.7 Å². The lowest BCUT2D eigenvalue weighted by Crippen LogP contribution is -2.45. The summed E-state index contributed by atoms with van der Waals surface area (Å²) >= 11 is -1.17. The second kappa shape index (κ2) is 35.4. The van der Waals surface area contributed by atoms with Crippen molar-refractivity contribution in [3.63, 3.8) is 0 Å². The molecular weight excluding hydrogens is 853 g/mol. The van der Waals surface area contributed by atoms with E-state index in [1.807, 2.05) is 12.1 Å². The molecule has 0 heterocycles. The highest BCUT2D eigenvalue weighted by Crippen LogP contribution is 2.09. The lowest BCUT2D eigenvalue weighted by Gasteiger charge is -2.17. The number of carboxylic acids is 2. The quantitative estimate of drug-likeness (QED) is 0.0254. The summed E-state index contributed by atoms with van der Waals surface area (Å²) in [6.07, 6.45) is 0.386. The van der Waals surface area contributed by atoms with Gasteiger partial charge in [-0.15, -0.1) is 4.72 Å². The van der Waals surface area contributed by atoms with Crippen molar-refractivity contribution in [2.75, 3.05) is 104 Å². The number of nitrogens with one attached hydrogen (secondary N) is 8. The lowest BCUT2D eigenvalue weighted by molar-refractivity contribution is -0.144. The van der Waals surface area contributed by atoms with E-state index >= 15 is 0 Å². The number of benzene rings is 1. The maximum Gasteiger partial charge on any atom is 0.326 e. The predicted octanol–water partition coefficient (Wildman–Crippen LogP) is -1.98. The Labute approximate surface area is 369 Å². The van der Waals surface area contributed by atoms with Gasteiger partial charge in [0, 0.05) is 88.1 Å². The second-order valence-corrected chi connectivity index (χ2v) is 15.0. The highest BCUT2D eigenvalue weighted by atomic mass is 32.2. The molecule has 10 N–H and O–H groups in total. The first kappa shape index (κ1) is 55.9. The first-order valence-electron chi connectivity index (χ1n) is 20.6. The van der Waals surface area contributed by atoms with Crippen LogP contribution in [0.4, 0.5) is 5.69 Å². The molecule has 1 aromatic carbocycles. The Bertz CT molecular complexity index is 1540. The summed E-state index contributed by atoms with van der Waals surface area (Å²) in [4.78, 5) is 96.2. The molecule has 0 aromatic heterocycles. The fourth-order valence-corrected chi connectivity index (χ4v) is 5.66. The Kier molecular flexibility index (Phi) is 31.4. The topological polar surface area (TPSA) is 333 Å². The van der Waals surface area contributed by atoms with Crippen LogP contribution in [-0.2, 0) is 63.9 Å². The average Bonchev–Trinajstić information content (AvgIpc) is 3.26. The number of carbonyl (C=O) groups excluding carboxylic acids is 6. The first-order chi connectivity index (χ1) is 30.2. The Balaban J connectivity index is 2.14. The minimum Gasteiger partial charge on any atom is -0.598 e. The Morgan fingerprint density at radius 3 is 1.65 bits per heavy atom. The van der Waals surface area contributed by atoms with E-state index in [2.05, 4.69) is 48.9 Å². The van der Waals surface area contributed by atoms with Crippen molar-refractivity contribution < 1.29 is 72.1 Å². The third-order valence-electron chi connectivity index (χ3n) is 8.35. The van der Waals surface area contributed by atoms with Crippen LogP contribution in [0.1, 0.15) is 62.2 Å². The highest BCUT2D eigenvalue weighted by Gasteiger charge is 2.24. The average molecular weight is 917 g/mol. The molecular formula is C39H64N8O15S. The zero-order valence-electron chi connectivity index (χ0n) is 35.9. The molecule has 0 spiro atoms. The first-order valence-corrected chi connectivity index (χ1v) is 21.9. The second-order valence-electron chi connectivity index (χ2n) is 13.5. The SMILES string of the molecule is CCCNc1ccc(C(=O)NCCNC(=O)COCCOCCNC(=O)CCC(NC(=O)CCC(NC(=O)COCCOCCNC(=O)CCC[S+]([O-])NC)C(=O)O)C(=O)O)cc1. The van der Waals surface area contributed by atoms with Gasteiger partial charge in [0.25, 0.3) is 5.91 Å². The fourth-order valence-electron chi connectivity index (χ4n) is 5.05. The van der Waals surface area contributed by atoms with Gasteiger partial charge in [0.05, 0.1) is 39.6 Å². The van der Waals surface area contributed by atoms with Gasteiger partial charge < -0.3 is 70.9 Å². The predicted molar refractivity (Wildman–Crippen MR) is 229 cm³/mol. The number of rotatable bonds is 38. The number of ether oxygens (including phenoxy) is 4. The number of amides is 6. The van der Waals surface area contributed by atoms with E-state index in [0.29, 0.717) is 17.7 Å². The van der Waals surface area contributed by atoms with Gasteiger partial charge in [-0.25, -0.2) is 9.59 Å². The van der Waals surface area contributed by atoms with E-state index in [1.54, 1.807) is 19.2 Å². The van der Waals surface area contributed by atoms with Gasteiger partial charge in [-0.3, -0.25) is 28.8 Å². The smallest absolute Gasteiger partial charge is 0.326 e. The van der Waals surface area contributed by atoms with Gasteiger partial charge in [0.15, 0.2) is 0 Å². The molecule has 1 aromatic rings. The Hall–Kier alpha value is -5.11. The molecule has 3 atom stereocenters. The van der Waals surface area contributed by atoms with E-state index in [4.69, 9.17) is 18.9 Å². The monoisotopic (exact) mass is 916 g/mol. The van der Waals surface area contributed by atoms with Crippen LogP contribution in [0.15, 0.2) is 24.3 Å². The molecule has 63 heavy (non-hydrogen) atoms.